The first-order valence-corrected chi connectivity index (χ1v) is 9.02. The average Bonchev–Trinajstić information content (AvgIpc) is 3.12. The summed E-state index contributed by atoms with van der Waals surface area (Å²) in [6.07, 6.45) is 5.13. The number of aliphatic imine (C=N–C) groups is 1. The van der Waals surface area contributed by atoms with Gasteiger partial charge >= 0.3 is 0 Å². The zero-order valence-electron chi connectivity index (χ0n) is 15.0. The smallest absolute Gasteiger partial charge is 0.191 e. The quantitative estimate of drug-likeness (QED) is 0.414. The Morgan fingerprint density at radius 2 is 1.92 bits per heavy atom. The predicted molar refractivity (Wildman–Crippen MR) is 98.2 cm³/mol. The minimum absolute atomic E-state index is 0.571. The first-order valence-electron chi connectivity index (χ1n) is 9.02. The molecule has 0 radical (unpaired) electrons. The van der Waals surface area contributed by atoms with Gasteiger partial charge in [0.05, 0.1) is 19.8 Å². The molecule has 0 spiro atoms. The second kappa shape index (κ2) is 11.0. The van der Waals surface area contributed by atoms with Gasteiger partial charge in [-0.1, -0.05) is 37.1 Å². The number of rotatable bonds is 9. The van der Waals surface area contributed by atoms with Crippen LogP contribution in [0.3, 0.4) is 0 Å². The zero-order chi connectivity index (χ0) is 17.0. The Balaban J connectivity index is 1.74. The number of hydrogen-bond donors (Lipinski definition) is 2. The predicted octanol–water partition coefficient (Wildman–Crippen LogP) is 2.85. The number of benzene rings is 1. The van der Waals surface area contributed by atoms with E-state index in [0.29, 0.717) is 25.9 Å². The third-order valence-electron chi connectivity index (χ3n) is 4.22. The van der Waals surface area contributed by atoms with Crippen LogP contribution in [0.1, 0.15) is 43.7 Å². The van der Waals surface area contributed by atoms with Gasteiger partial charge in [0.1, 0.15) is 0 Å². The Kier molecular flexibility index (Phi) is 8.63. The summed E-state index contributed by atoms with van der Waals surface area (Å²) in [4.78, 5) is 4.32. The van der Waals surface area contributed by atoms with E-state index in [1.54, 1.807) is 0 Å². The van der Waals surface area contributed by atoms with Crippen molar-refractivity contribution in [1.29, 1.82) is 0 Å². The normalized spacial score (nSPS) is 15.7. The topological polar surface area (TPSA) is 54.9 Å². The largest absolute Gasteiger partial charge is 0.379 e. The van der Waals surface area contributed by atoms with E-state index in [0.717, 1.165) is 19.1 Å². The van der Waals surface area contributed by atoms with Crippen LogP contribution in [0.15, 0.2) is 29.3 Å². The van der Waals surface area contributed by atoms with Crippen LogP contribution in [0.2, 0.25) is 0 Å². The maximum absolute atomic E-state index is 5.63. The molecule has 134 valence electrons. The van der Waals surface area contributed by atoms with Crippen molar-refractivity contribution in [3.8, 4) is 0 Å². The fraction of sp³-hybridized carbons (Fsp3) is 0.632. The van der Waals surface area contributed by atoms with Crippen LogP contribution in [-0.2, 0) is 22.6 Å². The van der Waals surface area contributed by atoms with Gasteiger partial charge in [-0.2, -0.15) is 0 Å². The Hall–Kier alpha value is -1.59. The van der Waals surface area contributed by atoms with Gasteiger partial charge in [-0.25, -0.2) is 0 Å². The molecule has 2 rings (SSSR count). The second-order valence-electron chi connectivity index (χ2n) is 6.12. The molecule has 0 saturated heterocycles. The molecule has 1 aliphatic carbocycles. The molecule has 0 unspecified atom stereocenters. The number of ether oxygens (including phenoxy) is 2. The summed E-state index contributed by atoms with van der Waals surface area (Å²) >= 11 is 0. The van der Waals surface area contributed by atoms with Crippen LogP contribution in [0.25, 0.3) is 0 Å². The van der Waals surface area contributed by atoms with Crippen LogP contribution in [-0.4, -0.2) is 38.9 Å². The van der Waals surface area contributed by atoms with E-state index < -0.39 is 0 Å². The first-order chi connectivity index (χ1) is 11.8. The van der Waals surface area contributed by atoms with E-state index >= 15 is 0 Å². The summed E-state index contributed by atoms with van der Waals surface area (Å²) in [5.74, 6) is 0.889. The van der Waals surface area contributed by atoms with Crippen molar-refractivity contribution in [2.45, 2.75) is 51.8 Å². The molecule has 1 aromatic rings. The van der Waals surface area contributed by atoms with Crippen molar-refractivity contribution >= 4 is 5.96 Å². The molecular formula is C19H31N3O2. The lowest BCUT2D eigenvalue weighted by atomic mass is 10.1. The van der Waals surface area contributed by atoms with Crippen molar-refractivity contribution < 1.29 is 9.47 Å². The van der Waals surface area contributed by atoms with E-state index in [-0.39, 0.29) is 0 Å². The molecule has 1 aliphatic rings. The maximum atomic E-state index is 5.63. The maximum Gasteiger partial charge on any atom is 0.191 e. The summed E-state index contributed by atoms with van der Waals surface area (Å²) in [6, 6.07) is 9.04. The SMILES string of the molecule is CCOCCOCc1cccc(CNC(=NC)NC2CCCC2)c1. The highest BCUT2D eigenvalue weighted by Gasteiger charge is 2.15. The minimum atomic E-state index is 0.571. The highest BCUT2D eigenvalue weighted by Crippen LogP contribution is 2.17. The Labute approximate surface area is 145 Å². The minimum Gasteiger partial charge on any atom is -0.379 e. The van der Waals surface area contributed by atoms with Gasteiger partial charge in [-0.05, 0) is 30.9 Å². The standard InChI is InChI=1S/C19H31N3O2/c1-3-23-11-12-24-15-17-8-6-7-16(13-17)14-21-19(20-2)22-18-9-4-5-10-18/h6-8,13,18H,3-5,9-12,14-15H2,1-2H3,(H2,20,21,22). The number of nitrogens with one attached hydrogen (secondary N) is 2. The summed E-state index contributed by atoms with van der Waals surface area (Å²) in [7, 11) is 1.83. The first kappa shape index (κ1) is 18.7. The summed E-state index contributed by atoms with van der Waals surface area (Å²) in [6.45, 7) is 5.40. The Morgan fingerprint density at radius 1 is 1.17 bits per heavy atom. The van der Waals surface area contributed by atoms with Crippen LogP contribution >= 0.6 is 0 Å². The highest BCUT2D eigenvalue weighted by molar-refractivity contribution is 5.79. The molecule has 24 heavy (non-hydrogen) atoms. The molecule has 0 aromatic heterocycles. The highest BCUT2D eigenvalue weighted by atomic mass is 16.5. The fourth-order valence-corrected chi connectivity index (χ4v) is 2.93. The van der Waals surface area contributed by atoms with Crippen LogP contribution < -0.4 is 10.6 Å². The van der Waals surface area contributed by atoms with E-state index in [4.69, 9.17) is 9.47 Å². The van der Waals surface area contributed by atoms with E-state index in [2.05, 4.69) is 39.9 Å². The summed E-state index contributed by atoms with van der Waals surface area (Å²) in [5.41, 5.74) is 2.42. The summed E-state index contributed by atoms with van der Waals surface area (Å²) < 4.78 is 10.9. The van der Waals surface area contributed by atoms with Crippen molar-refractivity contribution in [2.75, 3.05) is 26.9 Å². The molecule has 0 atom stereocenters. The van der Waals surface area contributed by atoms with Gasteiger partial charge in [0, 0.05) is 26.2 Å². The van der Waals surface area contributed by atoms with Gasteiger partial charge in [-0.15, -0.1) is 0 Å². The van der Waals surface area contributed by atoms with Crippen molar-refractivity contribution in [1.82, 2.24) is 10.6 Å². The molecule has 0 bridgehead atoms. The molecule has 5 heteroatoms. The van der Waals surface area contributed by atoms with Gasteiger partial charge in [0.25, 0.3) is 0 Å². The number of nitrogens with zero attached hydrogens (tertiary/aromatic N) is 1. The lowest BCUT2D eigenvalue weighted by Gasteiger charge is -2.17. The van der Waals surface area contributed by atoms with Gasteiger partial charge < -0.3 is 20.1 Å². The molecule has 1 saturated carbocycles. The summed E-state index contributed by atoms with van der Waals surface area (Å²) in [5, 5.41) is 6.91. The van der Waals surface area contributed by atoms with Gasteiger partial charge in [0.15, 0.2) is 5.96 Å². The number of hydrogen-bond acceptors (Lipinski definition) is 3. The molecule has 1 aromatic carbocycles. The monoisotopic (exact) mass is 333 g/mol. The molecule has 0 aliphatic heterocycles. The van der Waals surface area contributed by atoms with Crippen molar-refractivity contribution in [3.05, 3.63) is 35.4 Å². The number of guanidine groups is 1. The van der Waals surface area contributed by atoms with Crippen LogP contribution in [0.5, 0.6) is 0 Å². The van der Waals surface area contributed by atoms with Gasteiger partial charge in [-0.3, -0.25) is 4.99 Å². The molecule has 0 amide bonds. The lowest BCUT2D eigenvalue weighted by Crippen LogP contribution is -2.41. The van der Waals surface area contributed by atoms with Crippen molar-refractivity contribution in [3.63, 3.8) is 0 Å². The van der Waals surface area contributed by atoms with E-state index in [1.165, 1.54) is 36.8 Å². The second-order valence-corrected chi connectivity index (χ2v) is 6.12. The molecule has 2 N–H and O–H groups in total. The van der Waals surface area contributed by atoms with E-state index in [1.807, 2.05) is 14.0 Å². The van der Waals surface area contributed by atoms with Crippen LogP contribution in [0, 0.1) is 0 Å². The molecule has 5 nitrogen and oxygen atoms in total. The fourth-order valence-electron chi connectivity index (χ4n) is 2.93. The van der Waals surface area contributed by atoms with Crippen molar-refractivity contribution in [2.24, 2.45) is 4.99 Å². The lowest BCUT2D eigenvalue weighted by molar-refractivity contribution is 0.0453. The zero-order valence-corrected chi connectivity index (χ0v) is 15.0. The van der Waals surface area contributed by atoms with E-state index in [9.17, 15) is 0 Å². The van der Waals surface area contributed by atoms with Crippen LogP contribution in [0.4, 0.5) is 0 Å². The third-order valence-corrected chi connectivity index (χ3v) is 4.22. The Bertz CT molecular complexity index is 499. The molecular weight excluding hydrogens is 302 g/mol. The third kappa shape index (κ3) is 6.89. The molecule has 1 fully saturated rings. The Morgan fingerprint density at radius 3 is 2.67 bits per heavy atom. The average molecular weight is 333 g/mol. The van der Waals surface area contributed by atoms with Gasteiger partial charge in [0.2, 0.25) is 0 Å². The molecule has 0 heterocycles.